The summed E-state index contributed by atoms with van der Waals surface area (Å²) in [5.41, 5.74) is 0.585. The molecule has 0 aliphatic heterocycles. The first kappa shape index (κ1) is 14.3. The Kier molecular flexibility index (Phi) is 4.93. The second-order valence-electron chi connectivity index (χ2n) is 4.14. The van der Waals surface area contributed by atoms with Crippen molar-refractivity contribution in [2.75, 3.05) is 6.61 Å². The zero-order valence-electron chi connectivity index (χ0n) is 11.0. The van der Waals surface area contributed by atoms with Gasteiger partial charge in [0.05, 0.1) is 23.1 Å². The highest BCUT2D eigenvalue weighted by atomic mass is 32.1. The first-order chi connectivity index (χ1) is 9.70. The second-order valence-corrected chi connectivity index (χ2v) is 5.06. The smallest absolute Gasteiger partial charge is 0.252 e. The quantitative estimate of drug-likeness (QED) is 0.750. The van der Waals surface area contributed by atoms with Gasteiger partial charge in [0, 0.05) is 24.2 Å². The number of aromatic amines is 1. The second kappa shape index (κ2) is 6.89. The summed E-state index contributed by atoms with van der Waals surface area (Å²) in [4.78, 5) is 19.9. The number of thiophene rings is 1. The minimum atomic E-state index is -0.179. The predicted molar refractivity (Wildman–Crippen MR) is 77.4 cm³/mol. The van der Waals surface area contributed by atoms with Crippen molar-refractivity contribution in [1.29, 1.82) is 0 Å². The lowest BCUT2D eigenvalue weighted by Crippen LogP contribution is -2.26. The summed E-state index contributed by atoms with van der Waals surface area (Å²) in [7, 11) is 0. The van der Waals surface area contributed by atoms with Crippen molar-refractivity contribution < 1.29 is 9.90 Å². The summed E-state index contributed by atoms with van der Waals surface area (Å²) in [6.45, 7) is 1.91. The average molecular weight is 289 g/mol. The van der Waals surface area contributed by atoms with Crippen LogP contribution in [0.1, 0.15) is 40.4 Å². The Morgan fingerprint density at radius 3 is 3.20 bits per heavy atom. The van der Waals surface area contributed by atoms with Crippen molar-refractivity contribution in [2.24, 2.45) is 0 Å². The normalized spacial score (nSPS) is 11.5. The molecule has 2 aromatic heterocycles. The standard InChI is InChI=1S/C14H15N3O2S/c1-10(13-15-5-6-16-13)17-14(19)11-8-12(20-9-11)4-2-3-7-18/h5-6,8-10,18H,3,7H2,1H3,(H,15,16)(H,17,19). The molecule has 2 heterocycles. The van der Waals surface area contributed by atoms with E-state index in [1.165, 1.54) is 11.3 Å². The average Bonchev–Trinajstić information content (AvgIpc) is 3.10. The Morgan fingerprint density at radius 1 is 1.65 bits per heavy atom. The van der Waals surface area contributed by atoms with Crippen LogP contribution < -0.4 is 5.32 Å². The monoisotopic (exact) mass is 289 g/mol. The molecule has 0 saturated heterocycles. The number of nitrogens with one attached hydrogen (secondary N) is 2. The van der Waals surface area contributed by atoms with Crippen molar-refractivity contribution in [2.45, 2.75) is 19.4 Å². The maximum atomic E-state index is 12.1. The molecule has 0 spiro atoms. The summed E-state index contributed by atoms with van der Waals surface area (Å²) in [5.74, 6) is 6.31. The van der Waals surface area contributed by atoms with Crippen LogP contribution in [0, 0.1) is 11.8 Å². The first-order valence-corrected chi connectivity index (χ1v) is 7.07. The van der Waals surface area contributed by atoms with E-state index in [4.69, 9.17) is 5.11 Å². The molecule has 1 unspecified atom stereocenters. The van der Waals surface area contributed by atoms with Crippen molar-refractivity contribution >= 4 is 17.2 Å². The van der Waals surface area contributed by atoms with E-state index < -0.39 is 0 Å². The Bertz CT molecular complexity index is 622. The summed E-state index contributed by atoms with van der Waals surface area (Å²) in [5, 5.41) is 13.3. The summed E-state index contributed by atoms with van der Waals surface area (Å²) < 4.78 is 0. The number of carbonyl (C=O) groups excluding carboxylic acids is 1. The van der Waals surface area contributed by atoms with Crippen LogP contribution in [-0.4, -0.2) is 27.6 Å². The summed E-state index contributed by atoms with van der Waals surface area (Å²) >= 11 is 1.41. The Labute approximate surface area is 121 Å². The van der Waals surface area contributed by atoms with E-state index in [2.05, 4.69) is 27.1 Å². The number of nitrogens with zero attached hydrogens (tertiary/aromatic N) is 1. The number of aliphatic hydroxyl groups is 1. The van der Waals surface area contributed by atoms with Crippen molar-refractivity contribution in [3.63, 3.8) is 0 Å². The number of H-pyrrole nitrogens is 1. The van der Waals surface area contributed by atoms with Gasteiger partial charge >= 0.3 is 0 Å². The van der Waals surface area contributed by atoms with Crippen LogP contribution in [0.2, 0.25) is 0 Å². The van der Waals surface area contributed by atoms with Gasteiger partial charge in [-0.15, -0.1) is 11.3 Å². The fraction of sp³-hybridized carbons (Fsp3) is 0.286. The third-order valence-electron chi connectivity index (χ3n) is 2.59. The zero-order valence-corrected chi connectivity index (χ0v) is 11.8. The number of amides is 1. The lowest BCUT2D eigenvalue weighted by atomic mass is 10.2. The summed E-state index contributed by atoms with van der Waals surface area (Å²) in [6.07, 6.45) is 3.81. The third kappa shape index (κ3) is 3.70. The highest BCUT2D eigenvalue weighted by molar-refractivity contribution is 7.10. The van der Waals surface area contributed by atoms with E-state index in [1.54, 1.807) is 23.8 Å². The van der Waals surface area contributed by atoms with Gasteiger partial charge in [-0.3, -0.25) is 4.79 Å². The van der Waals surface area contributed by atoms with E-state index in [1.807, 2.05) is 6.92 Å². The first-order valence-electron chi connectivity index (χ1n) is 6.19. The predicted octanol–water partition coefficient (Wildman–Crippen LogP) is 1.70. The minimum Gasteiger partial charge on any atom is -0.395 e. The molecule has 104 valence electrons. The molecular weight excluding hydrogens is 274 g/mol. The highest BCUT2D eigenvalue weighted by Crippen LogP contribution is 2.15. The lowest BCUT2D eigenvalue weighted by Gasteiger charge is -2.10. The highest BCUT2D eigenvalue weighted by Gasteiger charge is 2.14. The molecule has 0 aliphatic carbocycles. The van der Waals surface area contributed by atoms with Crippen LogP contribution in [0.15, 0.2) is 23.8 Å². The molecule has 1 atom stereocenters. The molecule has 0 bridgehead atoms. The number of hydrogen-bond acceptors (Lipinski definition) is 4. The Morgan fingerprint density at radius 2 is 2.50 bits per heavy atom. The molecule has 20 heavy (non-hydrogen) atoms. The molecule has 3 N–H and O–H groups in total. The fourth-order valence-corrected chi connectivity index (χ4v) is 2.34. The van der Waals surface area contributed by atoms with Crippen LogP contribution >= 0.6 is 11.3 Å². The van der Waals surface area contributed by atoms with Crippen molar-refractivity contribution in [3.05, 3.63) is 40.1 Å². The lowest BCUT2D eigenvalue weighted by molar-refractivity contribution is 0.0939. The van der Waals surface area contributed by atoms with Gasteiger partial charge in [0.1, 0.15) is 5.82 Å². The van der Waals surface area contributed by atoms with E-state index >= 15 is 0 Å². The molecule has 6 heteroatoms. The van der Waals surface area contributed by atoms with Crippen molar-refractivity contribution in [3.8, 4) is 11.8 Å². The number of imidazole rings is 1. The maximum absolute atomic E-state index is 12.1. The molecule has 0 fully saturated rings. The third-order valence-corrected chi connectivity index (χ3v) is 3.43. The zero-order chi connectivity index (χ0) is 14.4. The molecule has 2 aromatic rings. The maximum Gasteiger partial charge on any atom is 0.252 e. The number of aromatic nitrogens is 2. The molecule has 2 rings (SSSR count). The number of rotatable bonds is 4. The van der Waals surface area contributed by atoms with Gasteiger partial charge in [0.2, 0.25) is 0 Å². The SMILES string of the molecule is CC(NC(=O)c1csc(C#CCCO)c1)c1ncc[nH]1. The molecule has 0 aliphatic rings. The summed E-state index contributed by atoms with van der Waals surface area (Å²) in [6, 6.07) is 1.57. The molecule has 0 saturated carbocycles. The number of hydrogen-bond donors (Lipinski definition) is 3. The topological polar surface area (TPSA) is 78.0 Å². The van der Waals surface area contributed by atoms with E-state index in [0.717, 1.165) is 10.7 Å². The van der Waals surface area contributed by atoms with Gasteiger partial charge in [0.25, 0.3) is 5.91 Å². The Balaban J connectivity index is 1.98. The van der Waals surface area contributed by atoms with Gasteiger partial charge < -0.3 is 15.4 Å². The van der Waals surface area contributed by atoms with Crippen LogP contribution in [0.4, 0.5) is 0 Å². The van der Waals surface area contributed by atoms with Crippen molar-refractivity contribution in [1.82, 2.24) is 15.3 Å². The largest absolute Gasteiger partial charge is 0.395 e. The minimum absolute atomic E-state index is 0.0480. The van der Waals surface area contributed by atoms with Gasteiger partial charge in [-0.2, -0.15) is 0 Å². The molecule has 0 aromatic carbocycles. The van der Waals surface area contributed by atoms with Crippen LogP contribution in [0.25, 0.3) is 0 Å². The van der Waals surface area contributed by atoms with Gasteiger partial charge in [-0.05, 0) is 13.0 Å². The van der Waals surface area contributed by atoms with Crippen LogP contribution in [0.5, 0.6) is 0 Å². The molecule has 1 amide bonds. The number of aliphatic hydroxyl groups excluding tert-OH is 1. The molecule has 5 nitrogen and oxygen atoms in total. The van der Waals surface area contributed by atoms with Crippen LogP contribution in [0.3, 0.4) is 0 Å². The Hall–Kier alpha value is -2.10. The number of carbonyl (C=O) groups is 1. The van der Waals surface area contributed by atoms with Gasteiger partial charge in [-0.1, -0.05) is 11.8 Å². The van der Waals surface area contributed by atoms with E-state index in [0.29, 0.717) is 12.0 Å². The molecular formula is C14H15N3O2S. The molecule has 0 radical (unpaired) electrons. The van der Waals surface area contributed by atoms with Gasteiger partial charge in [0.15, 0.2) is 0 Å². The fourth-order valence-electron chi connectivity index (χ4n) is 1.59. The van der Waals surface area contributed by atoms with Crippen LogP contribution in [-0.2, 0) is 0 Å². The van der Waals surface area contributed by atoms with Gasteiger partial charge in [-0.25, -0.2) is 4.98 Å². The van der Waals surface area contributed by atoms with E-state index in [-0.39, 0.29) is 18.6 Å². The van der Waals surface area contributed by atoms with E-state index in [9.17, 15) is 4.79 Å².